The summed E-state index contributed by atoms with van der Waals surface area (Å²) in [6, 6.07) is 2.56. The van der Waals surface area contributed by atoms with Crippen molar-refractivity contribution >= 4 is 0 Å². The van der Waals surface area contributed by atoms with E-state index in [0.29, 0.717) is 11.8 Å². The second-order valence-corrected chi connectivity index (χ2v) is 6.19. The SMILES string of the molecule is CCCNC1(C#N)CCCC1CCOCC1CCOC1. The van der Waals surface area contributed by atoms with Crippen molar-refractivity contribution < 1.29 is 9.47 Å². The molecular formula is C16H28N2O2. The molecule has 0 amide bonds. The molecule has 0 bridgehead atoms. The van der Waals surface area contributed by atoms with Gasteiger partial charge in [-0.05, 0) is 44.6 Å². The van der Waals surface area contributed by atoms with Crippen molar-refractivity contribution in [3.05, 3.63) is 0 Å². The molecule has 1 heterocycles. The summed E-state index contributed by atoms with van der Waals surface area (Å²) in [6.07, 6.45) is 6.51. The van der Waals surface area contributed by atoms with Crippen molar-refractivity contribution in [2.24, 2.45) is 11.8 Å². The molecule has 2 aliphatic rings. The Balaban J connectivity index is 1.71. The van der Waals surface area contributed by atoms with Gasteiger partial charge in [-0.3, -0.25) is 5.32 Å². The van der Waals surface area contributed by atoms with E-state index in [1.54, 1.807) is 0 Å². The van der Waals surface area contributed by atoms with Crippen LogP contribution in [-0.2, 0) is 9.47 Å². The number of nitriles is 1. The van der Waals surface area contributed by atoms with E-state index in [1.807, 2.05) is 0 Å². The first-order valence-electron chi connectivity index (χ1n) is 8.12. The van der Waals surface area contributed by atoms with E-state index < -0.39 is 0 Å². The van der Waals surface area contributed by atoms with Gasteiger partial charge in [0.05, 0.1) is 19.3 Å². The number of nitrogens with zero attached hydrogens (tertiary/aromatic N) is 1. The number of rotatable bonds is 8. The third kappa shape index (κ3) is 3.94. The first-order valence-corrected chi connectivity index (χ1v) is 8.12. The zero-order chi connectivity index (χ0) is 14.3. The van der Waals surface area contributed by atoms with Crippen molar-refractivity contribution in [1.82, 2.24) is 5.32 Å². The lowest BCUT2D eigenvalue weighted by Crippen LogP contribution is -2.47. The molecule has 1 aliphatic heterocycles. The van der Waals surface area contributed by atoms with Crippen LogP contribution in [0.5, 0.6) is 0 Å². The van der Waals surface area contributed by atoms with Crippen LogP contribution in [-0.4, -0.2) is 38.5 Å². The van der Waals surface area contributed by atoms with Crippen LogP contribution >= 0.6 is 0 Å². The minimum atomic E-state index is -0.296. The van der Waals surface area contributed by atoms with Crippen LogP contribution in [0.25, 0.3) is 0 Å². The molecular weight excluding hydrogens is 252 g/mol. The molecule has 114 valence electrons. The summed E-state index contributed by atoms with van der Waals surface area (Å²) in [7, 11) is 0. The molecule has 4 heteroatoms. The van der Waals surface area contributed by atoms with Crippen LogP contribution in [0.3, 0.4) is 0 Å². The summed E-state index contributed by atoms with van der Waals surface area (Å²) in [5.41, 5.74) is -0.296. The molecule has 2 rings (SSSR count). The van der Waals surface area contributed by atoms with Crippen LogP contribution in [0.15, 0.2) is 0 Å². The maximum atomic E-state index is 9.57. The molecule has 2 fully saturated rings. The van der Waals surface area contributed by atoms with Gasteiger partial charge in [0.1, 0.15) is 5.54 Å². The average Bonchev–Trinajstić information content (AvgIpc) is 3.11. The Bertz CT molecular complexity index is 323. The van der Waals surface area contributed by atoms with Crippen molar-refractivity contribution in [3.63, 3.8) is 0 Å². The molecule has 0 radical (unpaired) electrons. The summed E-state index contributed by atoms with van der Waals surface area (Å²) in [6.45, 7) is 6.41. The van der Waals surface area contributed by atoms with Crippen LogP contribution in [0, 0.1) is 23.2 Å². The van der Waals surface area contributed by atoms with Crippen molar-refractivity contribution in [2.75, 3.05) is 33.0 Å². The highest BCUT2D eigenvalue weighted by Gasteiger charge is 2.42. The zero-order valence-corrected chi connectivity index (χ0v) is 12.7. The van der Waals surface area contributed by atoms with Crippen molar-refractivity contribution in [2.45, 2.75) is 51.0 Å². The molecule has 1 N–H and O–H groups in total. The minimum absolute atomic E-state index is 0.296. The maximum absolute atomic E-state index is 9.57. The first kappa shape index (κ1) is 15.8. The highest BCUT2D eigenvalue weighted by molar-refractivity contribution is 5.13. The Morgan fingerprint density at radius 1 is 1.45 bits per heavy atom. The lowest BCUT2D eigenvalue weighted by atomic mass is 9.86. The van der Waals surface area contributed by atoms with E-state index in [1.165, 1.54) is 0 Å². The minimum Gasteiger partial charge on any atom is -0.381 e. The molecule has 3 atom stereocenters. The molecule has 0 aromatic rings. The second-order valence-electron chi connectivity index (χ2n) is 6.19. The Labute approximate surface area is 122 Å². The van der Waals surface area contributed by atoms with E-state index in [0.717, 1.165) is 71.5 Å². The van der Waals surface area contributed by atoms with Gasteiger partial charge in [-0.1, -0.05) is 13.3 Å². The van der Waals surface area contributed by atoms with Gasteiger partial charge >= 0.3 is 0 Å². The highest BCUT2D eigenvalue weighted by Crippen LogP contribution is 2.37. The van der Waals surface area contributed by atoms with Gasteiger partial charge in [0, 0.05) is 19.1 Å². The fourth-order valence-corrected chi connectivity index (χ4v) is 3.43. The summed E-state index contributed by atoms with van der Waals surface area (Å²) >= 11 is 0. The molecule has 20 heavy (non-hydrogen) atoms. The van der Waals surface area contributed by atoms with Gasteiger partial charge < -0.3 is 9.47 Å². The van der Waals surface area contributed by atoms with Gasteiger partial charge in [-0.2, -0.15) is 5.26 Å². The molecule has 4 nitrogen and oxygen atoms in total. The Morgan fingerprint density at radius 2 is 2.35 bits per heavy atom. The van der Waals surface area contributed by atoms with Crippen molar-refractivity contribution in [1.29, 1.82) is 5.26 Å². The molecule has 1 saturated carbocycles. The maximum Gasteiger partial charge on any atom is 0.109 e. The van der Waals surface area contributed by atoms with Gasteiger partial charge in [-0.15, -0.1) is 0 Å². The second kappa shape index (κ2) is 7.97. The predicted molar refractivity (Wildman–Crippen MR) is 78.3 cm³/mol. The summed E-state index contributed by atoms with van der Waals surface area (Å²) in [5.74, 6) is 1.02. The summed E-state index contributed by atoms with van der Waals surface area (Å²) < 4.78 is 11.2. The molecule has 0 spiro atoms. The molecule has 0 aromatic carbocycles. The monoisotopic (exact) mass is 280 g/mol. The quantitative estimate of drug-likeness (QED) is 0.694. The molecule has 3 unspecified atom stereocenters. The third-order valence-corrected chi connectivity index (χ3v) is 4.70. The number of hydrogen-bond donors (Lipinski definition) is 1. The fourth-order valence-electron chi connectivity index (χ4n) is 3.43. The normalized spacial score (nSPS) is 33.4. The Morgan fingerprint density at radius 3 is 3.05 bits per heavy atom. The van der Waals surface area contributed by atoms with E-state index in [4.69, 9.17) is 9.47 Å². The van der Waals surface area contributed by atoms with Gasteiger partial charge in [0.25, 0.3) is 0 Å². The third-order valence-electron chi connectivity index (χ3n) is 4.70. The van der Waals surface area contributed by atoms with E-state index in [2.05, 4.69) is 18.3 Å². The average molecular weight is 280 g/mol. The first-order chi connectivity index (χ1) is 9.80. The van der Waals surface area contributed by atoms with Gasteiger partial charge in [0.15, 0.2) is 0 Å². The molecule has 1 saturated heterocycles. The lowest BCUT2D eigenvalue weighted by molar-refractivity contribution is 0.0759. The number of ether oxygens (including phenoxy) is 2. The number of hydrogen-bond acceptors (Lipinski definition) is 4. The van der Waals surface area contributed by atoms with Crippen LogP contribution in [0.2, 0.25) is 0 Å². The van der Waals surface area contributed by atoms with Crippen LogP contribution in [0.4, 0.5) is 0 Å². The van der Waals surface area contributed by atoms with E-state index in [9.17, 15) is 5.26 Å². The van der Waals surface area contributed by atoms with Gasteiger partial charge in [-0.25, -0.2) is 0 Å². The van der Waals surface area contributed by atoms with E-state index in [-0.39, 0.29) is 5.54 Å². The van der Waals surface area contributed by atoms with Gasteiger partial charge in [0.2, 0.25) is 0 Å². The summed E-state index contributed by atoms with van der Waals surface area (Å²) in [5, 5.41) is 13.1. The standard InChI is InChI=1S/C16H28N2O2/c1-2-8-18-16(13-17)7-3-4-15(16)6-10-20-12-14-5-9-19-11-14/h14-15,18H,2-12H2,1H3. The fraction of sp³-hybridized carbons (Fsp3) is 0.938. The zero-order valence-electron chi connectivity index (χ0n) is 12.7. The van der Waals surface area contributed by atoms with Crippen LogP contribution < -0.4 is 5.32 Å². The highest BCUT2D eigenvalue weighted by atomic mass is 16.5. The lowest BCUT2D eigenvalue weighted by Gasteiger charge is -2.30. The van der Waals surface area contributed by atoms with Crippen LogP contribution in [0.1, 0.15) is 45.4 Å². The van der Waals surface area contributed by atoms with E-state index >= 15 is 0 Å². The predicted octanol–water partition coefficient (Wildman–Crippen LogP) is 2.49. The smallest absolute Gasteiger partial charge is 0.109 e. The largest absolute Gasteiger partial charge is 0.381 e. The summed E-state index contributed by atoms with van der Waals surface area (Å²) in [4.78, 5) is 0. The Hall–Kier alpha value is -0.630. The Kier molecular flexibility index (Phi) is 6.28. The topological polar surface area (TPSA) is 54.3 Å². The molecule has 1 aliphatic carbocycles. The van der Waals surface area contributed by atoms with Crippen molar-refractivity contribution in [3.8, 4) is 6.07 Å². The molecule has 0 aromatic heterocycles. The number of nitrogens with one attached hydrogen (secondary N) is 1.